The molecule has 9 heavy (non-hydrogen) atoms. The smallest absolute Gasteiger partial charge is 0.0611 e. The van der Waals surface area contributed by atoms with Crippen LogP contribution in [-0.2, 0) is 0 Å². The van der Waals surface area contributed by atoms with E-state index in [-0.39, 0.29) is 0 Å². The van der Waals surface area contributed by atoms with Crippen LogP contribution in [0.4, 0.5) is 0 Å². The Hall–Kier alpha value is -0.560. The zero-order chi connectivity index (χ0) is 7.28. The van der Waals surface area contributed by atoms with E-state index in [1.54, 1.807) is 12.4 Å². The van der Waals surface area contributed by atoms with Crippen molar-refractivity contribution in [3.05, 3.63) is 23.4 Å². The average molecular weight is 144 g/mol. The molecule has 0 aliphatic heterocycles. The van der Waals surface area contributed by atoms with Crippen molar-refractivity contribution in [1.82, 2.24) is 0 Å². The molecule has 0 atom stereocenters. The number of halogens is 1. The summed E-state index contributed by atoms with van der Waals surface area (Å²) in [7, 11) is 0. The van der Waals surface area contributed by atoms with E-state index < -0.39 is 0 Å². The van der Waals surface area contributed by atoms with Gasteiger partial charge in [-0.05, 0) is 19.4 Å². The van der Waals surface area contributed by atoms with Gasteiger partial charge in [-0.2, -0.15) is 0 Å². The quantitative estimate of drug-likeness (QED) is 0.417. The summed E-state index contributed by atoms with van der Waals surface area (Å²) in [6.45, 7) is 7.30. The fourth-order valence-electron chi connectivity index (χ4n) is 0.250. The van der Waals surface area contributed by atoms with Crippen LogP contribution in [0.1, 0.15) is 13.8 Å². The van der Waals surface area contributed by atoms with Crippen LogP contribution >= 0.6 is 11.6 Å². The molecule has 0 saturated heterocycles. The highest BCUT2D eigenvalue weighted by molar-refractivity contribution is 6.31. The number of hydrogen-bond donors (Lipinski definition) is 0. The molecule has 0 spiro atoms. The third kappa shape index (κ3) is 3.98. The number of hydrogen-bond acceptors (Lipinski definition) is 1. The minimum absolute atomic E-state index is 0.605. The summed E-state index contributed by atoms with van der Waals surface area (Å²) in [6.07, 6.45) is 3.25. The van der Waals surface area contributed by atoms with E-state index in [4.69, 9.17) is 11.6 Å². The standard InChI is InChI=1S/C7H10ClN/c1-4-9-5-7(8)6(2)3/h4-5H,2H2,1,3H3/b7-5+,9-4-. The van der Waals surface area contributed by atoms with Gasteiger partial charge in [0.2, 0.25) is 0 Å². The molecular formula is C7H10ClN. The molecule has 0 unspecified atom stereocenters. The first kappa shape index (κ1) is 8.44. The molecule has 0 fully saturated rings. The second-order valence-corrected chi connectivity index (χ2v) is 2.07. The van der Waals surface area contributed by atoms with Crippen molar-refractivity contribution in [3.63, 3.8) is 0 Å². The van der Waals surface area contributed by atoms with E-state index in [0.717, 1.165) is 5.57 Å². The van der Waals surface area contributed by atoms with E-state index in [2.05, 4.69) is 11.6 Å². The number of aliphatic imine (C=N–C) groups is 1. The topological polar surface area (TPSA) is 12.4 Å². The van der Waals surface area contributed by atoms with Crippen LogP contribution in [0, 0.1) is 0 Å². The normalized spacial score (nSPS) is 12.6. The van der Waals surface area contributed by atoms with Crippen LogP contribution in [0.3, 0.4) is 0 Å². The number of nitrogens with zero attached hydrogens (tertiary/aromatic N) is 1. The number of rotatable bonds is 2. The maximum atomic E-state index is 5.64. The Morgan fingerprint density at radius 1 is 1.67 bits per heavy atom. The van der Waals surface area contributed by atoms with E-state index >= 15 is 0 Å². The van der Waals surface area contributed by atoms with Gasteiger partial charge < -0.3 is 0 Å². The summed E-state index contributed by atoms with van der Waals surface area (Å²) in [5.74, 6) is 0. The van der Waals surface area contributed by atoms with Gasteiger partial charge in [-0.25, -0.2) is 0 Å². The van der Waals surface area contributed by atoms with Crippen molar-refractivity contribution in [3.8, 4) is 0 Å². The largest absolute Gasteiger partial charge is 0.268 e. The molecule has 2 heteroatoms. The van der Waals surface area contributed by atoms with Gasteiger partial charge in [0.25, 0.3) is 0 Å². The molecular weight excluding hydrogens is 134 g/mol. The molecule has 0 saturated carbocycles. The summed E-state index contributed by atoms with van der Waals surface area (Å²) >= 11 is 5.64. The molecule has 1 nitrogen and oxygen atoms in total. The zero-order valence-electron chi connectivity index (χ0n) is 5.69. The van der Waals surface area contributed by atoms with Gasteiger partial charge in [0.05, 0.1) is 5.03 Å². The average Bonchev–Trinajstić information content (AvgIpc) is 1.82. The van der Waals surface area contributed by atoms with Gasteiger partial charge in [-0.15, -0.1) is 0 Å². The van der Waals surface area contributed by atoms with E-state index in [9.17, 15) is 0 Å². The Bertz CT molecular complexity index is 156. The third-order valence-electron chi connectivity index (χ3n) is 0.745. The van der Waals surface area contributed by atoms with Crippen LogP contribution in [0.5, 0.6) is 0 Å². The van der Waals surface area contributed by atoms with Crippen LogP contribution in [0.15, 0.2) is 28.4 Å². The summed E-state index contributed by atoms with van der Waals surface area (Å²) < 4.78 is 0. The molecule has 0 aliphatic rings. The highest BCUT2D eigenvalue weighted by Gasteiger charge is 1.87. The molecule has 0 heterocycles. The van der Waals surface area contributed by atoms with Gasteiger partial charge in [0, 0.05) is 12.4 Å². The van der Waals surface area contributed by atoms with Gasteiger partial charge in [-0.3, -0.25) is 4.99 Å². The summed E-state index contributed by atoms with van der Waals surface area (Å²) in [4.78, 5) is 3.81. The van der Waals surface area contributed by atoms with E-state index in [1.165, 1.54) is 0 Å². The predicted octanol–water partition coefficient (Wildman–Crippen LogP) is 2.73. The fraction of sp³-hybridized carbons (Fsp3) is 0.286. The second kappa shape index (κ2) is 4.33. The Labute approximate surface area is 60.7 Å². The molecule has 0 aromatic rings. The monoisotopic (exact) mass is 143 g/mol. The first-order valence-corrected chi connectivity index (χ1v) is 3.05. The lowest BCUT2D eigenvalue weighted by atomic mass is 10.3. The molecule has 0 aromatic carbocycles. The van der Waals surface area contributed by atoms with Gasteiger partial charge in [-0.1, -0.05) is 18.2 Å². The maximum Gasteiger partial charge on any atom is 0.0611 e. The van der Waals surface area contributed by atoms with Gasteiger partial charge in [0.15, 0.2) is 0 Å². The highest BCUT2D eigenvalue weighted by atomic mass is 35.5. The van der Waals surface area contributed by atoms with Crippen LogP contribution in [0.2, 0.25) is 0 Å². The van der Waals surface area contributed by atoms with E-state index in [1.807, 2.05) is 13.8 Å². The maximum absolute atomic E-state index is 5.64. The SMILES string of the molecule is C=C(C)/C(Cl)=C\N=C/C. The minimum atomic E-state index is 0.605. The number of allylic oxidation sites excluding steroid dienone is 2. The minimum Gasteiger partial charge on any atom is -0.268 e. The van der Waals surface area contributed by atoms with Crippen molar-refractivity contribution in [2.45, 2.75) is 13.8 Å². The van der Waals surface area contributed by atoms with Gasteiger partial charge in [0.1, 0.15) is 0 Å². The lowest BCUT2D eigenvalue weighted by Gasteiger charge is -1.89. The highest BCUT2D eigenvalue weighted by Crippen LogP contribution is 2.10. The molecule has 0 bridgehead atoms. The zero-order valence-corrected chi connectivity index (χ0v) is 6.44. The molecule has 0 aliphatic carbocycles. The lowest BCUT2D eigenvalue weighted by molar-refractivity contribution is 1.46. The van der Waals surface area contributed by atoms with Crippen LogP contribution in [0.25, 0.3) is 0 Å². The molecule has 0 rings (SSSR count). The third-order valence-corrected chi connectivity index (χ3v) is 1.16. The summed E-state index contributed by atoms with van der Waals surface area (Å²) in [6, 6.07) is 0. The Morgan fingerprint density at radius 2 is 2.22 bits per heavy atom. The van der Waals surface area contributed by atoms with Crippen molar-refractivity contribution >= 4 is 17.8 Å². The molecule has 0 aromatic heterocycles. The summed E-state index contributed by atoms with van der Waals surface area (Å²) in [5.41, 5.74) is 0.835. The van der Waals surface area contributed by atoms with Crippen molar-refractivity contribution in [1.29, 1.82) is 0 Å². The van der Waals surface area contributed by atoms with Gasteiger partial charge >= 0.3 is 0 Å². The van der Waals surface area contributed by atoms with Crippen LogP contribution < -0.4 is 0 Å². The predicted molar refractivity (Wildman–Crippen MR) is 42.9 cm³/mol. The molecule has 0 N–H and O–H groups in total. The summed E-state index contributed by atoms with van der Waals surface area (Å²) in [5, 5.41) is 0.605. The Balaban J connectivity index is 4.00. The Kier molecular flexibility index (Phi) is 4.06. The molecule has 0 radical (unpaired) electrons. The van der Waals surface area contributed by atoms with Crippen LogP contribution in [-0.4, -0.2) is 6.21 Å². The lowest BCUT2D eigenvalue weighted by Crippen LogP contribution is -1.69. The van der Waals surface area contributed by atoms with Crippen molar-refractivity contribution in [2.75, 3.05) is 0 Å². The van der Waals surface area contributed by atoms with Crippen molar-refractivity contribution in [2.24, 2.45) is 4.99 Å². The fourth-order valence-corrected chi connectivity index (χ4v) is 0.307. The first-order chi connectivity index (χ1) is 4.18. The first-order valence-electron chi connectivity index (χ1n) is 2.67. The van der Waals surface area contributed by atoms with E-state index in [0.29, 0.717) is 5.03 Å². The Morgan fingerprint density at radius 3 is 2.56 bits per heavy atom. The molecule has 0 amide bonds. The second-order valence-electron chi connectivity index (χ2n) is 1.66. The molecule has 50 valence electrons. The van der Waals surface area contributed by atoms with Crippen molar-refractivity contribution < 1.29 is 0 Å².